The molecule has 4 heteroatoms. The number of hydrogen-bond donors (Lipinski definition) is 1. The van der Waals surface area contributed by atoms with Crippen LogP contribution in [0.2, 0.25) is 0 Å². The summed E-state index contributed by atoms with van der Waals surface area (Å²) in [6.45, 7) is 7.91. The molecular formula is C14H26N4. The molecule has 0 aliphatic rings. The van der Waals surface area contributed by atoms with Crippen molar-refractivity contribution in [3.63, 3.8) is 0 Å². The first kappa shape index (κ1) is 14.9. The van der Waals surface area contributed by atoms with Crippen LogP contribution < -0.4 is 10.6 Å². The van der Waals surface area contributed by atoms with Crippen LogP contribution in [-0.2, 0) is 6.54 Å². The van der Waals surface area contributed by atoms with Crippen molar-refractivity contribution in [2.75, 3.05) is 38.6 Å². The van der Waals surface area contributed by atoms with Crippen molar-refractivity contribution < 1.29 is 0 Å². The maximum atomic E-state index is 5.85. The standard InChI is InChI=1S/C14H26N4/c1-5-18(10-6-9-17(3)4)14-13(11-15)12(2)7-8-16-14/h7-8H,5-6,9-11,15H2,1-4H3. The molecule has 0 aliphatic heterocycles. The van der Waals surface area contributed by atoms with Crippen LogP contribution in [0.5, 0.6) is 0 Å². The molecule has 2 N–H and O–H groups in total. The van der Waals surface area contributed by atoms with Gasteiger partial charge < -0.3 is 15.5 Å². The van der Waals surface area contributed by atoms with E-state index < -0.39 is 0 Å². The molecule has 0 spiro atoms. The fourth-order valence-corrected chi connectivity index (χ4v) is 2.09. The van der Waals surface area contributed by atoms with E-state index in [2.05, 4.69) is 42.7 Å². The molecule has 0 aromatic carbocycles. The molecule has 102 valence electrons. The van der Waals surface area contributed by atoms with E-state index in [0.29, 0.717) is 6.54 Å². The molecule has 0 saturated carbocycles. The molecule has 0 aliphatic carbocycles. The molecule has 0 saturated heterocycles. The molecule has 0 amide bonds. The van der Waals surface area contributed by atoms with Gasteiger partial charge in [0.2, 0.25) is 0 Å². The second-order valence-corrected chi connectivity index (χ2v) is 4.87. The van der Waals surface area contributed by atoms with E-state index in [1.807, 2.05) is 12.3 Å². The quantitative estimate of drug-likeness (QED) is 0.799. The van der Waals surface area contributed by atoms with Crippen LogP contribution in [0.4, 0.5) is 5.82 Å². The van der Waals surface area contributed by atoms with E-state index in [-0.39, 0.29) is 0 Å². The highest BCUT2D eigenvalue weighted by atomic mass is 15.2. The Morgan fingerprint density at radius 3 is 2.56 bits per heavy atom. The van der Waals surface area contributed by atoms with Crippen molar-refractivity contribution in [2.24, 2.45) is 5.73 Å². The van der Waals surface area contributed by atoms with E-state index in [9.17, 15) is 0 Å². The molecule has 0 radical (unpaired) electrons. The Morgan fingerprint density at radius 1 is 1.28 bits per heavy atom. The molecule has 1 heterocycles. The Morgan fingerprint density at radius 2 is 2.00 bits per heavy atom. The molecule has 1 aromatic heterocycles. The first-order valence-corrected chi connectivity index (χ1v) is 6.64. The summed E-state index contributed by atoms with van der Waals surface area (Å²) >= 11 is 0. The van der Waals surface area contributed by atoms with Gasteiger partial charge in [-0.1, -0.05) is 0 Å². The highest BCUT2D eigenvalue weighted by Crippen LogP contribution is 2.20. The summed E-state index contributed by atoms with van der Waals surface area (Å²) in [6, 6.07) is 2.03. The number of nitrogens with zero attached hydrogens (tertiary/aromatic N) is 3. The van der Waals surface area contributed by atoms with E-state index in [0.717, 1.165) is 31.9 Å². The Labute approximate surface area is 111 Å². The summed E-state index contributed by atoms with van der Waals surface area (Å²) < 4.78 is 0. The number of rotatable bonds is 7. The van der Waals surface area contributed by atoms with Crippen LogP contribution in [0.15, 0.2) is 12.3 Å². The van der Waals surface area contributed by atoms with Gasteiger partial charge in [-0.3, -0.25) is 0 Å². The zero-order valence-corrected chi connectivity index (χ0v) is 12.1. The minimum atomic E-state index is 0.555. The van der Waals surface area contributed by atoms with Crippen molar-refractivity contribution in [3.8, 4) is 0 Å². The van der Waals surface area contributed by atoms with Gasteiger partial charge in [0.15, 0.2) is 0 Å². The lowest BCUT2D eigenvalue weighted by atomic mass is 10.1. The number of pyridine rings is 1. The van der Waals surface area contributed by atoms with Gasteiger partial charge in [0.25, 0.3) is 0 Å². The Balaban J connectivity index is 2.78. The predicted molar refractivity (Wildman–Crippen MR) is 77.9 cm³/mol. The summed E-state index contributed by atoms with van der Waals surface area (Å²) in [4.78, 5) is 9.04. The van der Waals surface area contributed by atoms with Crippen LogP contribution in [0.25, 0.3) is 0 Å². The number of nitrogens with two attached hydrogens (primary N) is 1. The lowest BCUT2D eigenvalue weighted by Crippen LogP contribution is -2.29. The fraction of sp³-hybridized carbons (Fsp3) is 0.643. The maximum Gasteiger partial charge on any atom is 0.133 e. The second-order valence-electron chi connectivity index (χ2n) is 4.87. The average molecular weight is 250 g/mol. The van der Waals surface area contributed by atoms with Gasteiger partial charge in [0, 0.05) is 31.4 Å². The van der Waals surface area contributed by atoms with Gasteiger partial charge in [0.1, 0.15) is 5.82 Å². The zero-order valence-electron chi connectivity index (χ0n) is 12.1. The molecule has 0 atom stereocenters. The van der Waals surface area contributed by atoms with E-state index in [1.165, 1.54) is 11.1 Å². The minimum Gasteiger partial charge on any atom is -0.357 e. The Hall–Kier alpha value is -1.13. The number of aryl methyl sites for hydroxylation is 1. The molecule has 4 nitrogen and oxygen atoms in total. The van der Waals surface area contributed by atoms with Gasteiger partial charge in [-0.15, -0.1) is 0 Å². The molecular weight excluding hydrogens is 224 g/mol. The summed E-state index contributed by atoms with van der Waals surface area (Å²) in [5.41, 5.74) is 8.25. The van der Waals surface area contributed by atoms with Crippen LogP contribution >= 0.6 is 0 Å². The SMILES string of the molecule is CCN(CCCN(C)C)c1nccc(C)c1CN. The van der Waals surface area contributed by atoms with Crippen LogP contribution in [0, 0.1) is 6.92 Å². The van der Waals surface area contributed by atoms with Crippen molar-refractivity contribution in [2.45, 2.75) is 26.8 Å². The normalized spacial score (nSPS) is 11.0. The third kappa shape index (κ3) is 3.96. The first-order valence-electron chi connectivity index (χ1n) is 6.64. The Bertz CT molecular complexity index is 363. The monoisotopic (exact) mass is 250 g/mol. The van der Waals surface area contributed by atoms with Gasteiger partial charge in [-0.2, -0.15) is 0 Å². The highest BCUT2D eigenvalue weighted by molar-refractivity contribution is 5.50. The summed E-state index contributed by atoms with van der Waals surface area (Å²) in [5, 5.41) is 0. The summed E-state index contributed by atoms with van der Waals surface area (Å²) in [6.07, 6.45) is 3.01. The van der Waals surface area contributed by atoms with Gasteiger partial charge in [-0.05, 0) is 52.5 Å². The van der Waals surface area contributed by atoms with E-state index in [1.54, 1.807) is 0 Å². The van der Waals surface area contributed by atoms with Crippen molar-refractivity contribution in [1.82, 2.24) is 9.88 Å². The smallest absolute Gasteiger partial charge is 0.133 e. The highest BCUT2D eigenvalue weighted by Gasteiger charge is 2.12. The number of anilines is 1. The van der Waals surface area contributed by atoms with Gasteiger partial charge in [0.05, 0.1) is 0 Å². The number of aromatic nitrogens is 1. The predicted octanol–water partition coefficient (Wildman–Crippen LogP) is 1.63. The third-order valence-corrected chi connectivity index (χ3v) is 3.19. The molecule has 0 fully saturated rings. The second kappa shape index (κ2) is 7.34. The van der Waals surface area contributed by atoms with Gasteiger partial charge >= 0.3 is 0 Å². The van der Waals surface area contributed by atoms with E-state index in [4.69, 9.17) is 5.73 Å². The van der Waals surface area contributed by atoms with Crippen LogP contribution in [0.3, 0.4) is 0 Å². The molecule has 18 heavy (non-hydrogen) atoms. The number of hydrogen-bond acceptors (Lipinski definition) is 4. The topological polar surface area (TPSA) is 45.4 Å². The van der Waals surface area contributed by atoms with Gasteiger partial charge in [-0.25, -0.2) is 4.98 Å². The van der Waals surface area contributed by atoms with E-state index >= 15 is 0 Å². The van der Waals surface area contributed by atoms with Crippen molar-refractivity contribution in [1.29, 1.82) is 0 Å². The van der Waals surface area contributed by atoms with Crippen molar-refractivity contribution >= 4 is 5.82 Å². The molecule has 0 unspecified atom stereocenters. The molecule has 1 aromatic rings. The minimum absolute atomic E-state index is 0.555. The average Bonchev–Trinajstić information content (AvgIpc) is 2.34. The lowest BCUT2D eigenvalue weighted by Gasteiger charge is -2.25. The lowest BCUT2D eigenvalue weighted by molar-refractivity contribution is 0.400. The van der Waals surface area contributed by atoms with Crippen molar-refractivity contribution in [3.05, 3.63) is 23.4 Å². The van der Waals surface area contributed by atoms with Crippen LogP contribution in [0.1, 0.15) is 24.5 Å². The van der Waals surface area contributed by atoms with Crippen LogP contribution in [-0.4, -0.2) is 43.6 Å². The Kier molecular flexibility index (Phi) is 6.09. The zero-order chi connectivity index (χ0) is 13.5. The molecule has 1 rings (SSSR count). The fourth-order valence-electron chi connectivity index (χ4n) is 2.09. The first-order chi connectivity index (χ1) is 8.60. The summed E-state index contributed by atoms with van der Waals surface area (Å²) in [5.74, 6) is 1.05. The third-order valence-electron chi connectivity index (χ3n) is 3.19. The largest absolute Gasteiger partial charge is 0.357 e. The summed E-state index contributed by atoms with van der Waals surface area (Å²) in [7, 11) is 4.21. The molecule has 0 bridgehead atoms. The maximum absolute atomic E-state index is 5.85.